The normalized spacial score (nSPS) is 22.7. The molecule has 4 amide bonds. The summed E-state index contributed by atoms with van der Waals surface area (Å²) in [4.78, 5) is 49.8. The number of carbonyl (C=O) groups is 4. The van der Waals surface area contributed by atoms with Gasteiger partial charge in [0.1, 0.15) is 17.6 Å². The zero-order valence-corrected chi connectivity index (χ0v) is 16.1. The molecule has 1 aliphatic carbocycles. The van der Waals surface area contributed by atoms with Gasteiger partial charge < -0.3 is 15.4 Å². The number of nitrogens with zero attached hydrogens (tertiary/aromatic N) is 2. The van der Waals surface area contributed by atoms with Crippen molar-refractivity contribution in [1.82, 2.24) is 15.5 Å². The maximum absolute atomic E-state index is 12.7. The van der Waals surface area contributed by atoms with E-state index in [-0.39, 0.29) is 0 Å². The zero-order chi connectivity index (χ0) is 21.1. The van der Waals surface area contributed by atoms with Crippen LogP contribution in [0, 0.1) is 11.3 Å². The summed E-state index contributed by atoms with van der Waals surface area (Å²) in [5, 5.41) is 14.5. The van der Waals surface area contributed by atoms with E-state index >= 15 is 0 Å². The molecular weight excluding hydrogens is 376 g/mol. The van der Waals surface area contributed by atoms with E-state index in [1.807, 2.05) is 0 Å². The Hall–Kier alpha value is -3.41. The van der Waals surface area contributed by atoms with Crippen molar-refractivity contribution in [3.05, 3.63) is 35.9 Å². The molecule has 1 aromatic carbocycles. The lowest BCUT2D eigenvalue weighted by atomic mass is 9.92. The SMILES string of the molecule is C[C@@]1(c2ccccc2)NC(=O)N(CC(=O)OCC(=O)NC2(C#N)CCCC2)C1=O. The van der Waals surface area contributed by atoms with E-state index in [9.17, 15) is 24.4 Å². The van der Waals surface area contributed by atoms with Crippen LogP contribution in [0.2, 0.25) is 0 Å². The van der Waals surface area contributed by atoms with Crippen molar-refractivity contribution in [2.75, 3.05) is 13.2 Å². The second-order valence-corrected chi connectivity index (χ2v) is 7.42. The van der Waals surface area contributed by atoms with Gasteiger partial charge in [0.05, 0.1) is 6.07 Å². The summed E-state index contributed by atoms with van der Waals surface area (Å²) in [5.41, 5.74) is -1.60. The van der Waals surface area contributed by atoms with Crippen LogP contribution in [-0.2, 0) is 24.7 Å². The summed E-state index contributed by atoms with van der Waals surface area (Å²) >= 11 is 0. The maximum Gasteiger partial charge on any atom is 0.326 e. The predicted octanol–water partition coefficient (Wildman–Crippen LogP) is 0.949. The van der Waals surface area contributed by atoms with Gasteiger partial charge in [-0.05, 0) is 38.2 Å². The first-order valence-electron chi connectivity index (χ1n) is 9.37. The highest BCUT2D eigenvalue weighted by atomic mass is 16.5. The highest BCUT2D eigenvalue weighted by Gasteiger charge is 2.49. The third-order valence-electron chi connectivity index (χ3n) is 5.33. The number of carbonyl (C=O) groups excluding carboxylic acids is 4. The quantitative estimate of drug-likeness (QED) is 0.542. The minimum atomic E-state index is -1.28. The lowest BCUT2D eigenvalue weighted by Gasteiger charge is -2.22. The van der Waals surface area contributed by atoms with Crippen molar-refractivity contribution in [2.45, 2.75) is 43.7 Å². The number of benzene rings is 1. The van der Waals surface area contributed by atoms with Crippen molar-refractivity contribution >= 4 is 23.8 Å². The molecule has 0 unspecified atom stereocenters. The van der Waals surface area contributed by atoms with E-state index < -0.39 is 48.0 Å². The van der Waals surface area contributed by atoms with Crippen molar-refractivity contribution in [3.8, 4) is 6.07 Å². The van der Waals surface area contributed by atoms with Gasteiger partial charge in [0.25, 0.3) is 11.8 Å². The van der Waals surface area contributed by atoms with Gasteiger partial charge in [-0.3, -0.25) is 19.3 Å². The van der Waals surface area contributed by atoms with Gasteiger partial charge in [0.15, 0.2) is 6.61 Å². The molecule has 1 aromatic rings. The Labute approximate surface area is 168 Å². The van der Waals surface area contributed by atoms with Crippen LogP contribution in [0.3, 0.4) is 0 Å². The monoisotopic (exact) mass is 398 g/mol. The van der Waals surface area contributed by atoms with E-state index in [0.717, 1.165) is 17.7 Å². The summed E-state index contributed by atoms with van der Waals surface area (Å²) in [6, 6.07) is 10.1. The number of esters is 1. The Morgan fingerprint density at radius 1 is 1.24 bits per heavy atom. The number of urea groups is 1. The molecule has 29 heavy (non-hydrogen) atoms. The molecule has 0 spiro atoms. The van der Waals surface area contributed by atoms with Crippen LogP contribution >= 0.6 is 0 Å². The molecule has 1 saturated heterocycles. The molecule has 1 atom stereocenters. The average Bonchev–Trinajstić information content (AvgIpc) is 3.26. The first-order valence-corrected chi connectivity index (χ1v) is 9.37. The molecule has 1 aliphatic heterocycles. The minimum absolute atomic E-state index is 0.559. The molecular formula is C20H22N4O5. The standard InChI is InChI=1S/C20H22N4O5/c1-19(14-7-3-2-4-8-14)17(27)24(18(28)23-19)11-16(26)29-12-15(25)22-20(13-21)9-5-6-10-20/h2-4,7-8H,5-6,9-12H2,1H3,(H,22,25)(H,23,28)/t19-/m0/s1. The summed E-state index contributed by atoms with van der Waals surface area (Å²) < 4.78 is 4.90. The van der Waals surface area contributed by atoms with Crippen molar-refractivity contribution in [1.29, 1.82) is 5.26 Å². The minimum Gasteiger partial charge on any atom is -0.454 e. The van der Waals surface area contributed by atoms with Gasteiger partial charge >= 0.3 is 12.0 Å². The van der Waals surface area contributed by atoms with Crippen LogP contribution < -0.4 is 10.6 Å². The fraction of sp³-hybridized carbons (Fsp3) is 0.450. The number of hydrogen-bond acceptors (Lipinski definition) is 6. The van der Waals surface area contributed by atoms with Crippen LogP contribution in [0.15, 0.2) is 30.3 Å². The Bertz CT molecular complexity index is 873. The largest absolute Gasteiger partial charge is 0.454 e. The number of nitriles is 1. The Morgan fingerprint density at radius 2 is 1.90 bits per heavy atom. The molecule has 152 valence electrons. The molecule has 9 nitrogen and oxygen atoms in total. The molecule has 2 N–H and O–H groups in total. The van der Waals surface area contributed by atoms with Gasteiger partial charge in [-0.15, -0.1) is 0 Å². The maximum atomic E-state index is 12.7. The molecule has 1 saturated carbocycles. The fourth-order valence-corrected chi connectivity index (χ4v) is 3.67. The fourth-order valence-electron chi connectivity index (χ4n) is 3.67. The summed E-state index contributed by atoms with van der Waals surface area (Å²) in [6.07, 6.45) is 2.81. The second-order valence-electron chi connectivity index (χ2n) is 7.42. The summed E-state index contributed by atoms with van der Waals surface area (Å²) in [5.74, 6) is -2.06. The topological polar surface area (TPSA) is 129 Å². The summed E-state index contributed by atoms with van der Waals surface area (Å²) in [6.45, 7) is 0.371. The Balaban J connectivity index is 1.55. The number of amides is 4. The van der Waals surface area contributed by atoms with Crippen molar-refractivity contribution in [2.24, 2.45) is 0 Å². The first-order chi connectivity index (χ1) is 13.8. The van der Waals surface area contributed by atoms with Crippen LogP contribution in [-0.4, -0.2) is 47.4 Å². The molecule has 2 aliphatic rings. The molecule has 9 heteroatoms. The third-order valence-corrected chi connectivity index (χ3v) is 5.33. The smallest absolute Gasteiger partial charge is 0.326 e. The highest BCUT2D eigenvalue weighted by molar-refractivity contribution is 6.08. The molecule has 3 rings (SSSR count). The van der Waals surface area contributed by atoms with Crippen LogP contribution in [0.1, 0.15) is 38.2 Å². The number of rotatable bonds is 6. The average molecular weight is 398 g/mol. The molecule has 0 radical (unpaired) electrons. The number of imide groups is 1. The zero-order valence-electron chi connectivity index (χ0n) is 16.1. The third kappa shape index (κ3) is 4.06. The van der Waals surface area contributed by atoms with E-state index in [2.05, 4.69) is 16.7 Å². The van der Waals surface area contributed by atoms with Crippen molar-refractivity contribution in [3.63, 3.8) is 0 Å². The Kier molecular flexibility index (Phi) is 5.55. The van der Waals surface area contributed by atoms with Crippen LogP contribution in [0.5, 0.6) is 0 Å². The molecule has 0 bridgehead atoms. The lowest BCUT2D eigenvalue weighted by Crippen LogP contribution is -2.47. The second kappa shape index (κ2) is 7.91. The van der Waals surface area contributed by atoms with Gasteiger partial charge in [0, 0.05) is 0 Å². The van der Waals surface area contributed by atoms with E-state index in [1.165, 1.54) is 0 Å². The number of ether oxygens (including phenoxy) is 1. The highest BCUT2D eigenvalue weighted by Crippen LogP contribution is 2.29. The van der Waals surface area contributed by atoms with Gasteiger partial charge in [-0.1, -0.05) is 30.3 Å². The molecule has 0 aromatic heterocycles. The predicted molar refractivity (Wildman–Crippen MR) is 100.0 cm³/mol. The van der Waals surface area contributed by atoms with E-state index in [0.29, 0.717) is 18.4 Å². The van der Waals surface area contributed by atoms with E-state index in [1.54, 1.807) is 37.3 Å². The van der Waals surface area contributed by atoms with Crippen LogP contribution in [0.25, 0.3) is 0 Å². The summed E-state index contributed by atoms with van der Waals surface area (Å²) in [7, 11) is 0. The molecule has 1 heterocycles. The first kappa shape index (κ1) is 20.3. The number of nitrogens with one attached hydrogen (secondary N) is 2. The van der Waals surface area contributed by atoms with Gasteiger partial charge in [-0.2, -0.15) is 5.26 Å². The number of hydrogen-bond donors (Lipinski definition) is 2. The van der Waals surface area contributed by atoms with Crippen molar-refractivity contribution < 1.29 is 23.9 Å². The van der Waals surface area contributed by atoms with Gasteiger partial charge in [-0.25, -0.2) is 4.79 Å². The lowest BCUT2D eigenvalue weighted by molar-refractivity contribution is -0.151. The van der Waals surface area contributed by atoms with E-state index in [4.69, 9.17) is 4.74 Å². The van der Waals surface area contributed by atoms with Crippen LogP contribution in [0.4, 0.5) is 4.79 Å². The Morgan fingerprint density at radius 3 is 2.52 bits per heavy atom. The molecule has 2 fully saturated rings. The van der Waals surface area contributed by atoms with Gasteiger partial charge in [0.2, 0.25) is 0 Å².